The topological polar surface area (TPSA) is 153 Å². The van der Waals surface area contributed by atoms with Crippen LogP contribution in [0.3, 0.4) is 0 Å². The van der Waals surface area contributed by atoms with Crippen LogP contribution in [0.1, 0.15) is 32.0 Å². The van der Waals surface area contributed by atoms with E-state index in [-0.39, 0.29) is 30.7 Å². The number of thiophene rings is 1. The predicted octanol–water partition coefficient (Wildman–Crippen LogP) is 1.46. The van der Waals surface area contributed by atoms with Gasteiger partial charge in [0.05, 0.1) is 22.7 Å². The number of ether oxygens (including phenoxy) is 2. The number of aromatic nitrogens is 1. The first kappa shape index (κ1) is 25.8. The molecule has 0 saturated carbocycles. The number of fused-ring (bicyclic) bond motifs is 1. The van der Waals surface area contributed by atoms with Crippen molar-refractivity contribution < 1.29 is 19.1 Å². The van der Waals surface area contributed by atoms with Crippen molar-refractivity contribution in [2.75, 3.05) is 51.0 Å². The fourth-order valence-electron chi connectivity index (χ4n) is 4.21. The minimum absolute atomic E-state index is 0.0146. The fraction of sp³-hybridized carbons (Fsp3) is 0.375. The molecule has 0 aliphatic carbocycles. The smallest absolute Gasteiger partial charge is 0.347 e. The lowest BCUT2D eigenvalue weighted by molar-refractivity contribution is 0.0509. The van der Waals surface area contributed by atoms with Crippen LogP contribution < -0.4 is 27.1 Å². The monoisotopic (exact) mass is 513 g/mol. The highest BCUT2D eigenvalue weighted by atomic mass is 32.1. The van der Waals surface area contributed by atoms with E-state index in [0.29, 0.717) is 55.2 Å². The summed E-state index contributed by atoms with van der Waals surface area (Å²) in [4.78, 5) is 35.3. The lowest BCUT2D eigenvalue weighted by Gasteiger charge is -2.37. The van der Waals surface area contributed by atoms with Gasteiger partial charge in [-0.1, -0.05) is 17.7 Å². The molecule has 0 atom stereocenters. The lowest BCUT2D eigenvalue weighted by atomic mass is 10.0. The molecule has 1 aromatic carbocycles. The number of carbonyl (C=O) groups is 2. The van der Waals surface area contributed by atoms with Crippen molar-refractivity contribution in [2.24, 2.45) is 17.4 Å². The Labute approximate surface area is 213 Å². The average molecular weight is 514 g/mol. The standard InChI is InChI=1S/C24H31N7O4S/c1-16-5-6-18-17(14-16)21(29-8-10-30(11-9-29)23(32)19-4-2-13-36-19)20(24(33)35-15-25)22(28-18)34-12-3-7-31(26)27/h2,4-6,13-14H,3,7-12,15,25-27H2,1H3. The van der Waals surface area contributed by atoms with Gasteiger partial charge in [-0.25, -0.2) is 9.78 Å². The molecule has 4 rings (SSSR count). The molecule has 1 aliphatic rings. The Bertz CT molecular complexity index is 1210. The van der Waals surface area contributed by atoms with Crippen molar-refractivity contribution in [3.63, 3.8) is 0 Å². The molecule has 0 radical (unpaired) electrons. The normalized spacial score (nSPS) is 13.9. The maximum atomic E-state index is 13.2. The summed E-state index contributed by atoms with van der Waals surface area (Å²) in [5.74, 6) is 10.5. The Kier molecular flexibility index (Phi) is 8.33. The summed E-state index contributed by atoms with van der Waals surface area (Å²) in [5.41, 5.74) is 8.13. The highest BCUT2D eigenvalue weighted by Crippen LogP contribution is 2.37. The highest BCUT2D eigenvalue weighted by Gasteiger charge is 2.30. The summed E-state index contributed by atoms with van der Waals surface area (Å²) in [6.45, 7) is 4.44. The first-order chi connectivity index (χ1) is 17.4. The van der Waals surface area contributed by atoms with E-state index in [9.17, 15) is 9.59 Å². The molecule has 3 heterocycles. The zero-order valence-corrected chi connectivity index (χ0v) is 21.0. The Morgan fingerprint density at radius 1 is 1.17 bits per heavy atom. The Morgan fingerprint density at radius 3 is 2.61 bits per heavy atom. The number of nitrogens with zero attached hydrogens (tertiary/aromatic N) is 4. The number of hydrogen-bond acceptors (Lipinski definition) is 11. The maximum Gasteiger partial charge on any atom is 0.347 e. The number of carbonyl (C=O) groups excluding carboxylic acids is 2. The molecule has 6 N–H and O–H groups in total. The molecule has 1 aliphatic heterocycles. The van der Waals surface area contributed by atoms with E-state index in [2.05, 4.69) is 9.88 Å². The van der Waals surface area contributed by atoms with Gasteiger partial charge >= 0.3 is 5.97 Å². The molecule has 192 valence electrons. The zero-order chi connectivity index (χ0) is 25.7. The van der Waals surface area contributed by atoms with Crippen LogP contribution in [-0.2, 0) is 4.74 Å². The van der Waals surface area contributed by atoms with Crippen LogP contribution in [0.2, 0.25) is 0 Å². The molecule has 1 fully saturated rings. The van der Waals surface area contributed by atoms with Gasteiger partial charge in [-0.2, -0.15) is 5.12 Å². The number of hydrogen-bond donors (Lipinski definition) is 3. The van der Waals surface area contributed by atoms with Crippen molar-refractivity contribution in [2.45, 2.75) is 13.3 Å². The first-order valence-electron chi connectivity index (χ1n) is 11.7. The summed E-state index contributed by atoms with van der Waals surface area (Å²) >= 11 is 1.43. The molecule has 1 amide bonds. The maximum absolute atomic E-state index is 13.2. The van der Waals surface area contributed by atoms with Crippen LogP contribution in [-0.4, -0.2) is 72.9 Å². The van der Waals surface area contributed by atoms with Crippen molar-refractivity contribution >= 4 is 39.8 Å². The number of amides is 1. The van der Waals surface area contributed by atoms with Crippen LogP contribution in [0.4, 0.5) is 5.69 Å². The summed E-state index contributed by atoms with van der Waals surface area (Å²) in [6, 6.07) is 9.55. The molecule has 0 spiro atoms. The molecule has 1 saturated heterocycles. The van der Waals surface area contributed by atoms with Gasteiger partial charge in [-0.05, 0) is 36.9 Å². The second kappa shape index (κ2) is 11.6. The number of esters is 1. The van der Waals surface area contributed by atoms with Crippen molar-refractivity contribution in [1.82, 2.24) is 15.0 Å². The van der Waals surface area contributed by atoms with Gasteiger partial charge in [0, 0.05) is 38.1 Å². The Hall–Kier alpha value is -3.29. The van der Waals surface area contributed by atoms with Crippen molar-refractivity contribution in [3.05, 3.63) is 51.7 Å². The molecular formula is C24H31N7O4S. The van der Waals surface area contributed by atoms with Crippen LogP contribution in [0.5, 0.6) is 5.88 Å². The molecule has 2 aromatic heterocycles. The van der Waals surface area contributed by atoms with Gasteiger partial charge in [0.25, 0.3) is 5.91 Å². The van der Waals surface area contributed by atoms with E-state index in [4.69, 9.17) is 26.9 Å². The van der Waals surface area contributed by atoms with Gasteiger partial charge in [0.1, 0.15) is 12.3 Å². The van der Waals surface area contributed by atoms with E-state index < -0.39 is 5.97 Å². The van der Waals surface area contributed by atoms with E-state index in [0.717, 1.165) is 16.1 Å². The SMILES string of the molecule is Cc1ccc2nc(OCCCN(N)N)c(C(=O)OCN)c(N3CCN(C(=O)c4cccs4)CC3)c2c1. The molecular weight excluding hydrogens is 482 g/mol. The average Bonchev–Trinajstić information content (AvgIpc) is 3.41. The molecule has 3 aromatic rings. The third-order valence-electron chi connectivity index (χ3n) is 5.91. The number of benzene rings is 1. The first-order valence-corrected chi connectivity index (χ1v) is 12.6. The highest BCUT2D eigenvalue weighted by molar-refractivity contribution is 7.12. The molecule has 0 unspecified atom stereocenters. The lowest BCUT2D eigenvalue weighted by Crippen LogP contribution is -2.49. The number of pyridine rings is 1. The summed E-state index contributed by atoms with van der Waals surface area (Å²) in [5, 5.41) is 3.77. The van der Waals surface area contributed by atoms with Crippen LogP contribution in [0, 0.1) is 6.92 Å². The minimum atomic E-state index is -0.616. The van der Waals surface area contributed by atoms with Crippen molar-refractivity contribution in [3.8, 4) is 5.88 Å². The summed E-state index contributed by atoms with van der Waals surface area (Å²) in [6.07, 6.45) is 0.533. The third kappa shape index (κ3) is 5.74. The Balaban J connectivity index is 1.70. The minimum Gasteiger partial charge on any atom is -0.477 e. The zero-order valence-electron chi connectivity index (χ0n) is 20.2. The summed E-state index contributed by atoms with van der Waals surface area (Å²) in [7, 11) is 0. The molecule has 12 heteroatoms. The number of nitrogens with two attached hydrogens (primary N) is 3. The number of anilines is 1. The largest absolute Gasteiger partial charge is 0.477 e. The van der Waals surface area contributed by atoms with E-state index >= 15 is 0 Å². The molecule has 11 nitrogen and oxygen atoms in total. The predicted molar refractivity (Wildman–Crippen MR) is 139 cm³/mol. The van der Waals surface area contributed by atoms with Gasteiger partial charge in [0.2, 0.25) is 5.88 Å². The van der Waals surface area contributed by atoms with Gasteiger partial charge in [-0.3, -0.25) is 22.2 Å². The van der Waals surface area contributed by atoms with E-state index in [1.54, 1.807) is 0 Å². The second-order valence-corrected chi connectivity index (χ2v) is 9.40. The van der Waals surface area contributed by atoms with Gasteiger partial charge in [0.15, 0.2) is 0 Å². The number of piperazine rings is 1. The Morgan fingerprint density at radius 2 is 1.94 bits per heavy atom. The second-order valence-electron chi connectivity index (χ2n) is 8.46. The number of hydrazine groups is 2. The fourth-order valence-corrected chi connectivity index (χ4v) is 4.90. The van der Waals surface area contributed by atoms with Gasteiger partial charge < -0.3 is 19.3 Å². The van der Waals surface area contributed by atoms with Crippen LogP contribution in [0.25, 0.3) is 10.9 Å². The van der Waals surface area contributed by atoms with Crippen molar-refractivity contribution in [1.29, 1.82) is 0 Å². The summed E-state index contributed by atoms with van der Waals surface area (Å²) < 4.78 is 11.2. The number of aryl methyl sites for hydroxylation is 1. The van der Waals surface area contributed by atoms with Crippen LogP contribution in [0.15, 0.2) is 35.7 Å². The number of rotatable bonds is 9. The molecule has 36 heavy (non-hydrogen) atoms. The van der Waals surface area contributed by atoms with Gasteiger partial charge in [-0.15, -0.1) is 11.3 Å². The molecule has 0 bridgehead atoms. The third-order valence-corrected chi connectivity index (χ3v) is 6.77. The van der Waals surface area contributed by atoms with E-state index in [1.807, 2.05) is 47.5 Å². The van der Waals surface area contributed by atoms with E-state index in [1.165, 1.54) is 11.3 Å². The quantitative estimate of drug-likeness (QED) is 0.126. The van der Waals surface area contributed by atoms with Crippen LogP contribution >= 0.6 is 11.3 Å².